The quantitative estimate of drug-likeness (QED) is 0.329. The smallest absolute Gasteiger partial charge is 0.341 e. The van der Waals surface area contributed by atoms with E-state index in [9.17, 15) is 14.4 Å². The minimum atomic E-state index is -0.507. The number of furan rings is 1. The molecule has 36 heavy (non-hydrogen) atoms. The zero-order valence-electron chi connectivity index (χ0n) is 20.0. The molecule has 1 amide bonds. The van der Waals surface area contributed by atoms with Gasteiger partial charge in [-0.15, -0.1) is 11.3 Å². The van der Waals surface area contributed by atoms with Crippen molar-refractivity contribution in [2.24, 2.45) is 0 Å². The first-order valence-corrected chi connectivity index (χ1v) is 12.6. The summed E-state index contributed by atoms with van der Waals surface area (Å²) in [5.74, 6) is -0.657. The number of fused-ring (bicyclic) bond motifs is 2. The van der Waals surface area contributed by atoms with Crippen LogP contribution in [0.25, 0.3) is 22.5 Å². The molecule has 3 aromatic heterocycles. The van der Waals surface area contributed by atoms with Gasteiger partial charge in [-0.05, 0) is 74.9 Å². The molecule has 0 radical (unpaired) electrons. The Balaban J connectivity index is 1.43. The second kappa shape index (κ2) is 10.0. The van der Waals surface area contributed by atoms with Crippen LogP contribution in [0.4, 0.5) is 5.00 Å². The number of ether oxygens (including phenoxy) is 2. The number of benzene rings is 1. The van der Waals surface area contributed by atoms with Gasteiger partial charge in [0.15, 0.2) is 12.4 Å². The predicted molar refractivity (Wildman–Crippen MR) is 136 cm³/mol. The monoisotopic (exact) mass is 507 g/mol. The number of hydrogen-bond acceptors (Lipinski definition) is 8. The van der Waals surface area contributed by atoms with E-state index in [2.05, 4.69) is 5.32 Å². The summed E-state index contributed by atoms with van der Waals surface area (Å²) >= 11 is 1.39. The summed E-state index contributed by atoms with van der Waals surface area (Å²) in [5, 5.41) is 3.57. The lowest BCUT2D eigenvalue weighted by Crippen LogP contribution is -2.23. The van der Waals surface area contributed by atoms with E-state index in [0.717, 1.165) is 41.7 Å². The molecule has 0 spiro atoms. The highest BCUT2D eigenvalue weighted by Crippen LogP contribution is 2.38. The number of rotatable bonds is 7. The minimum Gasteiger partial charge on any atom is -0.476 e. The number of nitrogens with one attached hydrogen (secondary N) is 1. The summed E-state index contributed by atoms with van der Waals surface area (Å²) in [6.07, 6.45) is 5.12. The lowest BCUT2D eigenvalue weighted by Gasteiger charge is -2.12. The van der Waals surface area contributed by atoms with Crippen LogP contribution in [-0.2, 0) is 22.4 Å². The Bertz CT molecular complexity index is 1500. The van der Waals surface area contributed by atoms with Crippen molar-refractivity contribution < 1.29 is 27.9 Å². The Hall–Kier alpha value is -3.85. The summed E-state index contributed by atoms with van der Waals surface area (Å²) in [4.78, 5) is 39.9. The summed E-state index contributed by atoms with van der Waals surface area (Å²) < 4.78 is 22.4. The van der Waals surface area contributed by atoms with Crippen LogP contribution in [0.1, 0.15) is 46.1 Å². The number of carbonyl (C=O) groups is 2. The summed E-state index contributed by atoms with van der Waals surface area (Å²) in [6, 6.07) is 8.54. The lowest BCUT2D eigenvalue weighted by atomic mass is 9.95. The molecule has 0 atom stereocenters. The molecule has 1 aliphatic rings. The third-order valence-electron chi connectivity index (χ3n) is 6.00. The number of anilines is 1. The van der Waals surface area contributed by atoms with E-state index >= 15 is 0 Å². The minimum absolute atomic E-state index is 0.106. The molecule has 0 unspecified atom stereocenters. The molecule has 3 heterocycles. The van der Waals surface area contributed by atoms with Crippen molar-refractivity contribution in [3.05, 3.63) is 68.4 Å². The third kappa shape index (κ3) is 4.54. The fourth-order valence-corrected chi connectivity index (χ4v) is 5.65. The zero-order valence-corrected chi connectivity index (χ0v) is 20.8. The number of amides is 1. The lowest BCUT2D eigenvalue weighted by molar-refractivity contribution is -0.118. The summed E-state index contributed by atoms with van der Waals surface area (Å²) in [5.41, 5.74) is 2.29. The van der Waals surface area contributed by atoms with E-state index in [4.69, 9.17) is 18.3 Å². The highest BCUT2D eigenvalue weighted by atomic mass is 32.1. The average Bonchev–Trinajstić information content (AvgIpc) is 3.51. The maximum atomic E-state index is 13.3. The van der Waals surface area contributed by atoms with Crippen molar-refractivity contribution in [2.75, 3.05) is 18.5 Å². The Morgan fingerprint density at radius 2 is 2.00 bits per heavy atom. The Labute approximate surface area is 210 Å². The summed E-state index contributed by atoms with van der Waals surface area (Å²) in [7, 11) is 0. The SMILES string of the molecule is CCOC(=O)c1c(NC(=O)COc2c(-c3ccco3)oc3cc(C)ccc3c2=O)sc2c1CCCC2. The van der Waals surface area contributed by atoms with Gasteiger partial charge in [-0.3, -0.25) is 9.59 Å². The second-order valence-electron chi connectivity index (χ2n) is 8.54. The first-order chi connectivity index (χ1) is 17.5. The molecule has 1 aliphatic carbocycles. The average molecular weight is 508 g/mol. The molecule has 1 aromatic carbocycles. The van der Waals surface area contributed by atoms with Gasteiger partial charge in [-0.2, -0.15) is 0 Å². The van der Waals surface area contributed by atoms with Crippen LogP contribution in [0.5, 0.6) is 5.75 Å². The number of thiophene rings is 1. The first-order valence-electron chi connectivity index (χ1n) is 11.8. The standard InChI is InChI=1S/C27H25NO7S/c1-3-32-27(31)22-17-7-4-5-9-20(17)36-26(22)28-21(29)14-34-25-23(30)16-11-10-15(2)13-19(16)35-24(25)18-8-6-12-33-18/h6,8,10-13H,3-5,7,9,14H2,1-2H3,(H,28,29). The van der Waals surface area contributed by atoms with E-state index in [1.807, 2.05) is 6.92 Å². The van der Waals surface area contributed by atoms with E-state index in [1.165, 1.54) is 17.6 Å². The Morgan fingerprint density at radius 3 is 2.78 bits per heavy atom. The molecule has 0 saturated heterocycles. The number of hydrogen-bond donors (Lipinski definition) is 1. The van der Waals surface area contributed by atoms with E-state index < -0.39 is 23.9 Å². The van der Waals surface area contributed by atoms with Gasteiger partial charge in [-0.1, -0.05) is 6.07 Å². The van der Waals surface area contributed by atoms with Crippen molar-refractivity contribution in [3.63, 3.8) is 0 Å². The topological polar surface area (TPSA) is 108 Å². The predicted octanol–water partition coefficient (Wildman–Crippen LogP) is 5.50. The fraction of sp³-hybridized carbons (Fsp3) is 0.296. The van der Waals surface area contributed by atoms with Crippen LogP contribution >= 0.6 is 11.3 Å². The van der Waals surface area contributed by atoms with Crippen molar-refractivity contribution in [3.8, 4) is 17.3 Å². The maximum absolute atomic E-state index is 13.3. The normalized spacial score (nSPS) is 12.8. The molecular weight excluding hydrogens is 482 g/mol. The van der Waals surface area contributed by atoms with Gasteiger partial charge < -0.3 is 23.6 Å². The number of carbonyl (C=O) groups excluding carboxylic acids is 2. The molecule has 4 aromatic rings. The first kappa shape index (κ1) is 23.9. The Kier molecular flexibility index (Phi) is 6.65. The molecular formula is C27H25NO7S. The van der Waals surface area contributed by atoms with Crippen LogP contribution in [-0.4, -0.2) is 25.1 Å². The molecule has 0 aliphatic heterocycles. The van der Waals surface area contributed by atoms with Crippen molar-refractivity contribution >= 4 is 39.2 Å². The molecule has 5 rings (SSSR count). The van der Waals surface area contributed by atoms with Crippen LogP contribution in [0, 0.1) is 6.92 Å². The van der Waals surface area contributed by atoms with Gasteiger partial charge >= 0.3 is 5.97 Å². The second-order valence-corrected chi connectivity index (χ2v) is 9.64. The highest BCUT2D eigenvalue weighted by molar-refractivity contribution is 7.17. The van der Waals surface area contributed by atoms with Gasteiger partial charge in [0.05, 0.1) is 23.8 Å². The van der Waals surface area contributed by atoms with Crippen LogP contribution < -0.4 is 15.5 Å². The number of esters is 1. The molecule has 9 heteroatoms. The molecule has 186 valence electrons. The van der Waals surface area contributed by atoms with Gasteiger partial charge in [0.25, 0.3) is 5.91 Å². The highest BCUT2D eigenvalue weighted by Gasteiger charge is 2.28. The largest absolute Gasteiger partial charge is 0.476 e. The van der Waals surface area contributed by atoms with Crippen LogP contribution in [0.15, 0.2) is 50.2 Å². The molecule has 0 saturated carbocycles. The van der Waals surface area contributed by atoms with Gasteiger partial charge in [-0.25, -0.2) is 4.79 Å². The van der Waals surface area contributed by atoms with Gasteiger partial charge in [0.2, 0.25) is 16.9 Å². The van der Waals surface area contributed by atoms with Gasteiger partial charge in [0, 0.05) is 4.88 Å². The van der Waals surface area contributed by atoms with Crippen LogP contribution in [0.3, 0.4) is 0 Å². The van der Waals surface area contributed by atoms with Crippen molar-refractivity contribution in [2.45, 2.75) is 39.5 Å². The van der Waals surface area contributed by atoms with E-state index in [1.54, 1.807) is 37.3 Å². The van der Waals surface area contributed by atoms with Crippen LogP contribution in [0.2, 0.25) is 0 Å². The third-order valence-corrected chi connectivity index (χ3v) is 7.21. The van der Waals surface area contributed by atoms with Crippen molar-refractivity contribution in [1.29, 1.82) is 0 Å². The van der Waals surface area contributed by atoms with Crippen molar-refractivity contribution in [1.82, 2.24) is 0 Å². The number of aryl methyl sites for hydroxylation is 2. The molecule has 8 nitrogen and oxygen atoms in total. The molecule has 0 fully saturated rings. The zero-order chi connectivity index (χ0) is 25.2. The molecule has 0 bridgehead atoms. The van der Waals surface area contributed by atoms with Gasteiger partial charge in [0.1, 0.15) is 10.6 Å². The molecule has 1 N–H and O–H groups in total. The van der Waals surface area contributed by atoms with E-state index in [0.29, 0.717) is 27.3 Å². The Morgan fingerprint density at radius 1 is 1.17 bits per heavy atom. The summed E-state index contributed by atoms with van der Waals surface area (Å²) in [6.45, 7) is 3.43. The fourth-order valence-electron chi connectivity index (χ4n) is 4.36. The van der Waals surface area contributed by atoms with E-state index in [-0.39, 0.29) is 18.1 Å². The maximum Gasteiger partial charge on any atom is 0.341 e.